The van der Waals surface area contributed by atoms with Gasteiger partial charge in [-0.3, -0.25) is 0 Å². The van der Waals surface area contributed by atoms with Gasteiger partial charge in [-0.05, 0) is 63.6 Å². The number of carbonyl (C=O) groups excluding carboxylic acids is 1. The van der Waals surface area contributed by atoms with Crippen molar-refractivity contribution < 1.29 is 9.53 Å². The standard InChI is InChI=1S/C23H38N2O2/c1-18(2)19-11-9-12-20(17-19)23(13-7-6-8-14-23)25-16-10-15-24-21(26)27-22(3,4)5/h9,11-12,17-18,25H,6-8,10,13-16H2,1-5H3,(H,24,26). The van der Waals surface area contributed by atoms with Crippen molar-refractivity contribution in [3.8, 4) is 0 Å². The van der Waals surface area contributed by atoms with Crippen LogP contribution in [0.4, 0.5) is 4.79 Å². The lowest BCUT2D eigenvalue weighted by Gasteiger charge is -2.39. The molecular formula is C23H38N2O2. The average molecular weight is 375 g/mol. The molecule has 0 aromatic heterocycles. The SMILES string of the molecule is CC(C)c1cccc(C2(NCCCNC(=O)OC(C)(C)C)CCCCC2)c1. The first-order valence-corrected chi connectivity index (χ1v) is 10.5. The van der Waals surface area contributed by atoms with Crippen LogP contribution in [-0.4, -0.2) is 24.8 Å². The Morgan fingerprint density at radius 1 is 1.15 bits per heavy atom. The molecule has 1 amide bonds. The lowest BCUT2D eigenvalue weighted by Crippen LogP contribution is -2.45. The maximum atomic E-state index is 11.8. The van der Waals surface area contributed by atoms with Crippen molar-refractivity contribution in [1.29, 1.82) is 0 Å². The number of alkyl carbamates (subject to hydrolysis) is 1. The van der Waals surface area contributed by atoms with E-state index in [1.165, 1.54) is 43.2 Å². The molecule has 0 saturated heterocycles. The summed E-state index contributed by atoms with van der Waals surface area (Å²) < 4.78 is 5.29. The van der Waals surface area contributed by atoms with E-state index in [9.17, 15) is 4.79 Å². The Balaban J connectivity index is 1.91. The summed E-state index contributed by atoms with van der Waals surface area (Å²) in [5, 5.41) is 6.70. The summed E-state index contributed by atoms with van der Waals surface area (Å²) in [4.78, 5) is 11.8. The Kier molecular flexibility index (Phi) is 7.72. The summed E-state index contributed by atoms with van der Waals surface area (Å²) in [7, 11) is 0. The van der Waals surface area contributed by atoms with E-state index in [1.807, 2.05) is 20.8 Å². The van der Waals surface area contributed by atoms with Crippen LogP contribution in [0, 0.1) is 0 Å². The van der Waals surface area contributed by atoms with E-state index < -0.39 is 5.60 Å². The van der Waals surface area contributed by atoms with E-state index in [1.54, 1.807) is 0 Å². The molecule has 0 bridgehead atoms. The van der Waals surface area contributed by atoms with Crippen molar-refractivity contribution in [1.82, 2.24) is 10.6 Å². The van der Waals surface area contributed by atoms with Gasteiger partial charge in [0, 0.05) is 12.1 Å². The zero-order chi connectivity index (χ0) is 19.9. The predicted octanol–water partition coefficient (Wildman–Crippen LogP) is 5.47. The topological polar surface area (TPSA) is 50.4 Å². The van der Waals surface area contributed by atoms with Crippen molar-refractivity contribution >= 4 is 6.09 Å². The van der Waals surface area contributed by atoms with Crippen LogP contribution in [0.15, 0.2) is 24.3 Å². The van der Waals surface area contributed by atoms with E-state index in [-0.39, 0.29) is 11.6 Å². The highest BCUT2D eigenvalue weighted by atomic mass is 16.6. The van der Waals surface area contributed by atoms with E-state index >= 15 is 0 Å². The quantitative estimate of drug-likeness (QED) is 0.622. The molecule has 1 fully saturated rings. The van der Waals surface area contributed by atoms with Gasteiger partial charge in [-0.1, -0.05) is 57.4 Å². The highest BCUT2D eigenvalue weighted by Gasteiger charge is 2.33. The Morgan fingerprint density at radius 3 is 2.48 bits per heavy atom. The van der Waals surface area contributed by atoms with Crippen molar-refractivity contribution in [3.63, 3.8) is 0 Å². The third-order valence-corrected chi connectivity index (χ3v) is 5.30. The molecule has 1 aromatic rings. The van der Waals surface area contributed by atoms with Gasteiger partial charge < -0.3 is 15.4 Å². The molecule has 1 aromatic carbocycles. The monoisotopic (exact) mass is 374 g/mol. The molecule has 0 aliphatic heterocycles. The van der Waals surface area contributed by atoms with E-state index in [0.717, 1.165) is 13.0 Å². The van der Waals surface area contributed by atoms with E-state index in [4.69, 9.17) is 4.74 Å². The minimum Gasteiger partial charge on any atom is -0.444 e. The molecule has 0 atom stereocenters. The number of ether oxygens (including phenoxy) is 1. The van der Waals surface area contributed by atoms with E-state index in [0.29, 0.717) is 12.5 Å². The molecule has 1 aliphatic carbocycles. The summed E-state index contributed by atoms with van der Waals surface area (Å²) in [5.74, 6) is 0.545. The van der Waals surface area contributed by atoms with Crippen LogP contribution in [0.1, 0.15) is 90.2 Å². The zero-order valence-corrected chi connectivity index (χ0v) is 17.9. The lowest BCUT2D eigenvalue weighted by molar-refractivity contribution is 0.0527. The largest absolute Gasteiger partial charge is 0.444 e. The fourth-order valence-electron chi connectivity index (χ4n) is 3.84. The summed E-state index contributed by atoms with van der Waals surface area (Å²) in [6.07, 6.45) is 6.81. The van der Waals surface area contributed by atoms with Crippen LogP contribution in [0.5, 0.6) is 0 Å². The molecular weight excluding hydrogens is 336 g/mol. The third kappa shape index (κ3) is 6.84. The number of rotatable bonds is 7. The van der Waals surface area contributed by atoms with Crippen LogP contribution in [0.3, 0.4) is 0 Å². The number of benzene rings is 1. The number of nitrogens with one attached hydrogen (secondary N) is 2. The zero-order valence-electron chi connectivity index (χ0n) is 17.9. The van der Waals surface area contributed by atoms with Gasteiger partial charge in [0.1, 0.15) is 5.60 Å². The van der Waals surface area contributed by atoms with Gasteiger partial charge in [-0.25, -0.2) is 4.79 Å². The first kappa shape index (κ1) is 21.7. The van der Waals surface area contributed by atoms with Gasteiger partial charge in [0.2, 0.25) is 0 Å². The Labute approximate surface area is 165 Å². The maximum Gasteiger partial charge on any atom is 0.407 e. The van der Waals surface area contributed by atoms with Crippen molar-refractivity contribution in [3.05, 3.63) is 35.4 Å². The van der Waals surface area contributed by atoms with Gasteiger partial charge in [-0.2, -0.15) is 0 Å². The maximum absolute atomic E-state index is 11.8. The normalized spacial score (nSPS) is 17.0. The third-order valence-electron chi connectivity index (χ3n) is 5.30. The van der Waals surface area contributed by atoms with Crippen molar-refractivity contribution in [2.45, 2.75) is 90.2 Å². The van der Waals surface area contributed by atoms with Crippen LogP contribution < -0.4 is 10.6 Å². The fraction of sp³-hybridized carbons (Fsp3) is 0.696. The Bertz CT molecular complexity index is 599. The van der Waals surface area contributed by atoms with Crippen molar-refractivity contribution in [2.24, 2.45) is 0 Å². The van der Waals surface area contributed by atoms with Gasteiger partial charge in [-0.15, -0.1) is 0 Å². The van der Waals surface area contributed by atoms with E-state index in [2.05, 4.69) is 48.7 Å². The van der Waals surface area contributed by atoms with Crippen LogP contribution >= 0.6 is 0 Å². The second kappa shape index (κ2) is 9.59. The molecule has 0 heterocycles. The molecule has 27 heavy (non-hydrogen) atoms. The molecule has 1 saturated carbocycles. The van der Waals surface area contributed by atoms with Crippen LogP contribution in [0.25, 0.3) is 0 Å². The summed E-state index contributed by atoms with van der Waals surface area (Å²) in [6, 6.07) is 9.10. The minimum absolute atomic E-state index is 0.0784. The fourth-order valence-corrected chi connectivity index (χ4v) is 3.84. The average Bonchev–Trinajstić information content (AvgIpc) is 2.61. The number of hydrogen-bond donors (Lipinski definition) is 2. The smallest absolute Gasteiger partial charge is 0.407 e. The van der Waals surface area contributed by atoms with Gasteiger partial charge >= 0.3 is 6.09 Å². The molecule has 0 spiro atoms. The Hall–Kier alpha value is -1.55. The minimum atomic E-state index is -0.448. The lowest BCUT2D eigenvalue weighted by atomic mass is 9.75. The van der Waals surface area contributed by atoms with Crippen LogP contribution in [0.2, 0.25) is 0 Å². The number of carbonyl (C=O) groups is 1. The molecule has 152 valence electrons. The molecule has 2 N–H and O–H groups in total. The summed E-state index contributed by atoms with van der Waals surface area (Å²) in [6.45, 7) is 11.7. The highest BCUT2D eigenvalue weighted by Crippen LogP contribution is 2.38. The summed E-state index contributed by atoms with van der Waals surface area (Å²) in [5.41, 5.74) is 2.46. The molecule has 2 rings (SSSR count). The Morgan fingerprint density at radius 2 is 1.85 bits per heavy atom. The second-order valence-electron chi connectivity index (χ2n) is 9.13. The van der Waals surface area contributed by atoms with Gasteiger partial charge in [0.05, 0.1) is 0 Å². The summed E-state index contributed by atoms with van der Waals surface area (Å²) >= 11 is 0. The number of amides is 1. The molecule has 0 radical (unpaired) electrons. The second-order valence-corrected chi connectivity index (χ2v) is 9.13. The van der Waals surface area contributed by atoms with Gasteiger partial charge in [0.15, 0.2) is 0 Å². The van der Waals surface area contributed by atoms with Crippen molar-refractivity contribution in [2.75, 3.05) is 13.1 Å². The first-order valence-electron chi connectivity index (χ1n) is 10.5. The molecule has 4 heteroatoms. The first-order chi connectivity index (χ1) is 12.7. The van der Waals surface area contributed by atoms with Crippen LogP contribution in [-0.2, 0) is 10.3 Å². The highest BCUT2D eigenvalue weighted by molar-refractivity contribution is 5.67. The molecule has 4 nitrogen and oxygen atoms in total. The predicted molar refractivity (Wildman–Crippen MR) is 112 cm³/mol. The number of hydrogen-bond acceptors (Lipinski definition) is 3. The molecule has 1 aliphatic rings. The molecule has 0 unspecified atom stereocenters. The van der Waals surface area contributed by atoms with Gasteiger partial charge in [0.25, 0.3) is 0 Å².